The van der Waals surface area contributed by atoms with Crippen LogP contribution in [0, 0.1) is 0 Å². The molecule has 0 radical (unpaired) electrons. The Kier molecular flexibility index (Phi) is 4.00. The van der Waals surface area contributed by atoms with E-state index in [1.54, 1.807) is 24.3 Å². The van der Waals surface area contributed by atoms with Gasteiger partial charge in [-0.05, 0) is 37.3 Å². The number of fused-ring (bicyclic) bond motifs is 1. The van der Waals surface area contributed by atoms with Crippen LogP contribution in [0.5, 0.6) is 17.2 Å². The van der Waals surface area contributed by atoms with E-state index in [0.29, 0.717) is 22.3 Å². The van der Waals surface area contributed by atoms with Crippen molar-refractivity contribution in [2.45, 2.75) is 12.5 Å². The van der Waals surface area contributed by atoms with Crippen LogP contribution < -0.4 is 19.3 Å². The fourth-order valence-electron chi connectivity index (χ4n) is 2.23. The minimum absolute atomic E-state index is 0.0508. The van der Waals surface area contributed by atoms with Crippen molar-refractivity contribution in [3.63, 3.8) is 0 Å². The van der Waals surface area contributed by atoms with Crippen molar-refractivity contribution in [3.8, 4) is 17.2 Å². The second kappa shape index (κ2) is 5.83. The van der Waals surface area contributed by atoms with Crippen LogP contribution in [0.25, 0.3) is 0 Å². The minimum atomic E-state index is -1.81. The molecule has 0 bridgehead atoms. The average molecular weight is 354 g/mol. The van der Waals surface area contributed by atoms with Gasteiger partial charge in [0.1, 0.15) is 5.75 Å². The van der Waals surface area contributed by atoms with Gasteiger partial charge in [0.05, 0.1) is 11.0 Å². The van der Waals surface area contributed by atoms with Crippen molar-refractivity contribution in [2.24, 2.45) is 0 Å². The number of hydrogen-bond donors (Lipinski definition) is 0. The highest BCUT2D eigenvalue weighted by atomic mass is 35.5. The van der Waals surface area contributed by atoms with Gasteiger partial charge in [-0.25, -0.2) is 0 Å². The van der Waals surface area contributed by atoms with Gasteiger partial charge in [-0.15, -0.1) is 0 Å². The maximum Gasteiger partial charge on any atom is 0.231 e. The van der Waals surface area contributed by atoms with Crippen LogP contribution in [0.3, 0.4) is 0 Å². The lowest BCUT2D eigenvalue weighted by atomic mass is 9.95. The molecule has 0 saturated carbocycles. The van der Waals surface area contributed by atoms with E-state index in [9.17, 15) is 9.90 Å². The number of carbonyl (C=O) groups excluding carboxylic acids is 1. The van der Waals surface area contributed by atoms with E-state index in [1.165, 1.54) is 19.1 Å². The average Bonchev–Trinajstić information content (AvgIpc) is 2.95. The number of halogens is 2. The Morgan fingerprint density at radius 1 is 1.17 bits per heavy atom. The van der Waals surface area contributed by atoms with Crippen molar-refractivity contribution in [1.82, 2.24) is 0 Å². The smallest absolute Gasteiger partial charge is 0.231 e. The van der Waals surface area contributed by atoms with Crippen LogP contribution in [-0.4, -0.2) is 12.8 Å². The predicted molar refractivity (Wildman–Crippen MR) is 82.0 cm³/mol. The van der Waals surface area contributed by atoms with Gasteiger partial charge in [0.25, 0.3) is 0 Å². The number of rotatable bonds is 4. The van der Waals surface area contributed by atoms with Crippen molar-refractivity contribution in [1.29, 1.82) is 0 Å². The first-order valence-electron chi connectivity index (χ1n) is 6.66. The summed E-state index contributed by atoms with van der Waals surface area (Å²) in [7, 11) is 0. The van der Waals surface area contributed by atoms with Crippen LogP contribution >= 0.6 is 23.2 Å². The molecule has 1 heterocycles. The maximum atomic E-state index is 11.8. The standard InChI is InChI=1S/C16H12Cl2O5/c1-16(15(19)20,23-10-4-2-9(17)3-5-10)11-6-13-14(7-12(11)18)22-8-21-13/h2-7H,8H2,1H3,(H,19,20)/p-1. The van der Waals surface area contributed by atoms with Gasteiger partial charge < -0.3 is 24.1 Å². The zero-order valence-corrected chi connectivity index (χ0v) is 13.5. The molecule has 0 aliphatic carbocycles. The summed E-state index contributed by atoms with van der Waals surface area (Å²) in [6.07, 6.45) is 0. The van der Waals surface area contributed by atoms with Crippen molar-refractivity contribution in [2.75, 3.05) is 6.79 Å². The summed E-state index contributed by atoms with van der Waals surface area (Å²) in [6, 6.07) is 9.28. The number of ether oxygens (including phenoxy) is 3. The van der Waals surface area contributed by atoms with E-state index in [-0.39, 0.29) is 17.4 Å². The molecule has 0 saturated heterocycles. The molecule has 1 atom stereocenters. The van der Waals surface area contributed by atoms with E-state index in [4.69, 9.17) is 37.4 Å². The molecule has 2 aromatic carbocycles. The third-order valence-corrected chi connectivity index (χ3v) is 4.07. The number of aliphatic carboxylic acids is 1. The van der Waals surface area contributed by atoms with Crippen LogP contribution in [0.4, 0.5) is 0 Å². The highest BCUT2D eigenvalue weighted by Gasteiger charge is 2.35. The first-order chi connectivity index (χ1) is 10.9. The normalized spacial score (nSPS) is 15.1. The Labute approximate surface area is 142 Å². The van der Waals surface area contributed by atoms with E-state index >= 15 is 0 Å². The van der Waals surface area contributed by atoms with Crippen LogP contribution in [0.2, 0.25) is 10.0 Å². The topological polar surface area (TPSA) is 67.8 Å². The summed E-state index contributed by atoms with van der Waals surface area (Å²) in [5, 5.41) is 12.4. The van der Waals surface area contributed by atoms with Gasteiger partial charge in [0, 0.05) is 16.7 Å². The molecule has 2 aromatic rings. The molecule has 1 unspecified atom stereocenters. The first kappa shape index (κ1) is 15.8. The molecule has 0 fully saturated rings. The Bertz CT molecular complexity index is 760. The SMILES string of the molecule is CC(Oc1ccc(Cl)cc1)(C(=O)[O-])c1cc2c(cc1Cl)OCO2. The number of carboxylic acids is 1. The second-order valence-electron chi connectivity index (χ2n) is 5.06. The molecule has 23 heavy (non-hydrogen) atoms. The first-order valence-corrected chi connectivity index (χ1v) is 7.41. The summed E-state index contributed by atoms with van der Waals surface area (Å²) in [5.41, 5.74) is -1.61. The molecular weight excluding hydrogens is 343 g/mol. The molecule has 0 aromatic heterocycles. The molecule has 1 aliphatic rings. The van der Waals surface area contributed by atoms with Crippen molar-refractivity contribution < 1.29 is 24.1 Å². The zero-order chi connectivity index (χ0) is 16.6. The van der Waals surface area contributed by atoms with Gasteiger partial charge in [-0.2, -0.15) is 0 Å². The molecular formula is C16H11Cl2O5-. The van der Waals surface area contributed by atoms with E-state index in [0.717, 1.165) is 0 Å². The summed E-state index contributed by atoms with van der Waals surface area (Å²) < 4.78 is 16.1. The molecule has 7 heteroatoms. The maximum absolute atomic E-state index is 11.8. The molecule has 120 valence electrons. The fourth-order valence-corrected chi connectivity index (χ4v) is 2.69. The summed E-state index contributed by atoms with van der Waals surface area (Å²) in [4.78, 5) is 11.8. The van der Waals surface area contributed by atoms with Gasteiger partial charge in [0.2, 0.25) is 6.79 Å². The Balaban J connectivity index is 2.04. The van der Waals surface area contributed by atoms with Gasteiger partial charge >= 0.3 is 0 Å². The highest BCUT2D eigenvalue weighted by molar-refractivity contribution is 6.32. The Morgan fingerprint density at radius 3 is 2.39 bits per heavy atom. The van der Waals surface area contributed by atoms with E-state index < -0.39 is 11.6 Å². The number of benzene rings is 2. The third kappa shape index (κ3) is 2.90. The third-order valence-electron chi connectivity index (χ3n) is 3.50. The van der Waals surface area contributed by atoms with Crippen LogP contribution in [-0.2, 0) is 10.4 Å². The van der Waals surface area contributed by atoms with Crippen molar-refractivity contribution >= 4 is 29.2 Å². The minimum Gasteiger partial charge on any atom is -0.545 e. The van der Waals surface area contributed by atoms with E-state index in [1.807, 2.05) is 0 Å². The van der Waals surface area contributed by atoms with Crippen molar-refractivity contribution in [3.05, 3.63) is 52.0 Å². The molecule has 0 amide bonds. The molecule has 5 nitrogen and oxygen atoms in total. The van der Waals surface area contributed by atoms with Gasteiger partial charge in [-0.1, -0.05) is 23.2 Å². The van der Waals surface area contributed by atoms with Crippen LogP contribution in [0.15, 0.2) is 36.4 Å². The number of carboxylic acid groups (broad SMARTS) is 1. The summed E-state index contributed by atoms with van der Waals surface area (Å²) in [6.45, 7) is 1.41. The van der Waals surface area contributed by atoms with Crippen LogP contribution in [0.1, 0.15) is 12.5 Å². The monoisotopic (exact) mass is 353 g/mol. The summed E-state index contributed by atoms with van der Waals surface area (Å²) in [5.74, 6) is -0.273. The molecule has 0 spiro atoms. The lowest BCUT2D eigenvalue weighted by Gasteiger charge is -2.33. The molecule has 0 N–H and O–H groups in total. The lowest BCUT2D eigenvalue weighted by Crippen LogP contribution is -2.48. The largest absolute Gasteiger partial charge is 0.545 e. The summed E-state index contributed by atoms with van der Waals surface area (Å²) >= 11 is 12.0. The predicted octanol–water partition coefficient (Wildman–Crippen LogP) is 2.77. The quantitative estimate of drug-likeness (QED) is 0.845. The van der Waals surface area contributed by atoms with Gasteiger partial charge in [0.15, 0.2) is 17.1 Å². The zero-order valence-electron chi connectivity index (χ0n) is 12.0. The Morgan fingerprint density at radius 2 is 1.78 bits per heavy atom. The highest BCUT2D eigenvalue weighted by Crippen LogP contribution is 2.42. The lowest BCUT2D eigenvalue weighted by molar-refractivity contribution is -0.322. The van der Waals surface area contributed by atoms with Gasteiger partial charge in [-0.3, -0.25) is 0 Å². The molecule has 3 rings (SSSR count). The fraction of sp³-hybridized carbons (Fsp3) is 0.188. The van der Waals surface area contributed by atoms with E-state index in [2.05, 4.69) is 0 Å². The Hall–Kier alpha value is -2.11. The molecule has 1 aliphatic heterocycles. The number of carbonyl (C=O) groups is 1. The number of hydrogen-bond acceptors (Lipinski definition) is 5. The second-order valence-corrected chi connectivity index (χ2v) is 5.91.